The summed E-state index contributed by atoms with van der Waals surface area (Å²) in [6, 6.07) is 33.6. The fourth-order valence-corrected chi connectivity index (χ4v) is 37.0. The molecule has 0 bridgehead atoms. The van der Waals surface area contributed by atoms with Crippen molar-refractivity contribution in [2.45, 2.75) is 108 Å². The van der Waals surface area contributed by atoms with E-state index in [0.29, 0.717) is 19.2 Å². The number of rotatable bonds is 12. The Morgan fingerprint density at radius 1 is 0.551 bits per heavy atom. The maximum Gasteiger partial charge on any atom is -1.00 e. The van der Waals surface area contributed by atoms with Gasteiger partial charge >= 0.3 is 291 Å². The van der Waals surface area contributed by atoms with Crippen LogP contribution in [0.15, 0.2) is 96.1 Å². The van der Waals surface area contributed by atoms with Gasteiger partial charge in [0, 0.05) is 0 Å². The molecule has 0 aromatic heterocycles. The van der Waals surface area contributed by atoms with Crippen molar-refractivity contribution in [3.63, 3.8) is 0 Å². The van der Waals surface area contributed by atoms with E-state index < -0.39 is 20.0 Å². The van der Waals surface area contributed by atoms with Crippen LogP contribution >= 0.6 is 0 Å². The third-order valence-corrected chi connectivity index (χ3v) is 30.8. The molecule has 2 aliphatic carbocycles. The molecule has 49 heavy (non-hydrogen) atoms. The standard InChI is InChI=1S/2C22H25.C2H4.2ClH.Hf/c2*1-4-5-7-17-14-20-8-6-9-21(22(20)15-17)19-12-10-18(11-13-19)16(2)3;1-2;;;/h2*6,8-16H,4-5,7H2,1-3H3;1-2H2;2*1H;/q;;;;;+2/p-2. The largest absolute Gasteiger partial charge is 1.00 e. The number of allylic oxidation sites excluding steroid dienone is 2. The van der Waals surface area contributed by atoms with Crippen LogP contribution in [0.2, 0.25) is 8.35 Å². The summed E-state index contributed by atoms with van der Waals surface area (Å²) in [7, 11) is 0. The van der Waals surface area contributed by atoms with Crippen molar-refractivity contribution in [3.05, 3.63) is 129 Å². The van der Waals surface area contributed by atoms with Gasteiger partial charge in [-0.3, -0.25) is 0 Å². The Morgan fingerprint density at radius 2 is 0.939 bits per heavy atom. The second-order valence-electron chi connectivity index (χ2n) is 15.4. The molecule has 0 spiro atoms. The van der Waals surface area contributed by atoms with E-state index in [0.717, 1.165) is 0 Å². The van der Waals surface area contributed by atoms with E-state index in [-0.39, 0.29) is 24.8 Å². The normalized spacial score (nSPS) is 17.7. The van der Waals surface area contributed by atoms with Gasteiger partial charge in [-0.05, 0) is 0 Å². The molecule has 2 atom stereocenters. The van der Waals surface area contributed by atoms with Crippen molar-refractivity contribution >= 4 is 12.2 Å². The first-order chi connectivity index (χ1) is 22.9. The molecule has 0 radical (unpaired) electrons. The molecule has 1 heterocycles. The van der Waals surface area contributed by atoms with E-state index in [9.17, 15) is 0 Å². The Hall–Kier alpha value is -2.19. The number of hydrogen-bond acceptors (Lipinski definition) is 0. The molecule has 0 amide bonds. The van der Waals surface area contributed by atoms with Crippen molar-refractivity contribution in [2.24, 2.45) is 0 Å². The predicted molar refractivity (Wildman–Crippen MR) is 202 cm³/mol. The molecule has 0 N–H and O–H groups in total. The fourth-order valence-electron chi connectivity index (χ4n) is 8.97. The van der Waals surface area contributed by atoms with Gasteiger partial charge in [0.1, 0.15) is 0 Å². The van der Waals surface area contributed by atoms with Crippen molar-refractivity contribution in [1.82, 2.24) is 0 Å². The van der Waals surface area contributed by atoms with Crippen LogP contribution in [0.3, 0.4) is 0 Å². The van der Waals surface area contributed by atoms with E-state index >= 15 is 0 Å². The molecule has 7 rings (SSSR count). The monoisotopic (exact) mass is 856 g/mol. The van der Waals surface area contributed by atoms with E-state index in [2.05, 4.69) is 139 Å². The number of fused-ring (bicyclic) bond motifs is 2. The first-order valence-electron chi connectivity index (χ1n) is 18.7. The second kappa shape index (κ2) is 16.0. The molecule has 2 unspecified atom stereocenters. The summed E-state index contributed by atoms with van der Waals surface area (Å²) in [5.74, 6) is 1.12. The van der Waals surface area contributed by atoms with Gasteiger partial charge in [-0.2, -0.15) is 0 Å². The van der Waals surface area contributed by atoms with Crippen LogP contribution in [0.4, 0.5) is 0 Å². The van der Waals surface area contributed by atoms with Gasteiger partial charge < -0.3 is 24.8 Å². The van der Waals surface area contributed by atoms with Crippen LogP contribution in [0.5, 0.6) is 0 Å². The van der Waals surface area contributed by atoms with Crippen LogP contribution in [0.1, 0.15) is 133 Å². The zero-order chi connectivity index (χ0) is 32.7. The van der Waals surface area contributed by atoms with Gasteiger partial charge in [0.15, 0.2) is 0 Å². The van der Waals surface area contributed by atoms with Gasteiger partial charge in [-0.25, -0.2) is 0 Å². The van der Waals surface area contributed by atoms with Gasteiger partial charge in [0.05, 0.1) is 0 Å². The Bertz CT molecular complexity index is 1670. The first-order valence-corrected chi connectivity index (χ1v) is 28.0. The summed E-state index contributed by atoms with van der Waals surface area (Å²) < 4.78 is 4.51. The fraction of sp³-hybridized carbons (Fsp3) is 0.391. The number of hydrogen-bond donors (Lipinski definition) is 0. The molecule has 1 aliphatic heterocycles. The quantitative estimate of drug-likeness (QED) is 0.126. The SMILES string of the molecule is CCCCC1=Cc2c(-c3ccc(C(C)C)cc3)cccc2[CH]1[Hf+2]1([CH]2C(CCCC)=Cc3c(-c4ccc(C(C)C)cc4)cccc32)[CH2][CH2]1.[Cl-].[Cl-]. The summed E-state index contributed by atoms with van der Waals surface area (Å²) in [5.41, 5.74) is 18.5. The van der Waals surface area contributed by atoms with E-state index in [1.807, 2.05) is 0 Å². The minimum Gasteiger partial charge on any atom is -1.00 e. The Kier molecular flexibility index (Phi) is 12.4. The Labute approximate surface area is 314 Å². The molecule has 1 saturated heterocycles. The zero-order valence-corrected chi connectivity index (χ0v) is 35.6. The molecule has 256 valence electrons. The van der Waals surface area contributed by atoms with E-state index in [1.165, 1.54) is 80.3 Å². The molecule has 0 nitrogen and oxygen atoms in total. The first kappa shape index (κ1) is 38.1. The molecular formula is C46H54Cl2Hf. The molecule has 4 aromatic carbocycles. The maximum atomic E-state index is 2.69. The molecule has 3 aliphatic rings. The summed E-state index contributed by atoms with van der Waals surface area (Å²) in [5, 5.41) is 0. The van der Waals surface area contributed by atoms with Crippen LogP contribution in [-0.4, -0.2) is 0 Å². The van der Waals surface area contributed by atoms with Crippen LogP contribution in [0, 0.1) is 0 Å². The van der Waals surface area contributed by atoms with E-state index in [1.54, 1.807) is 33.4 Å². The van der Waals surface area contributed by atoms with Crippen molar-refractivity contribution in [1.29, 1.82) is 0 Å². The van der Waals surface area contributed by atoms with E-state index in [4.69, 9.17) is 0 Å². The van der Waals surface area contributed by atoms with Crippen molar-refractivity contribution in [2.75, 3.05) is 0 Å². The van der Waals surface area contributed by atoms with Gasteiger partial charge in [0.25, 0.3) is 0 Å². The third-order valence-electron chi connectivity index (χ3n) is 11.7. The second-order valence-corrected chi connectivity index (χ2v) is 32.0. The van der Waals surface area contributed by atoms with Gasteiger partial charge in [0.2, 0.25) is 0 Å². The smallest absolute Gasteiger partial charge is 1.00 e. The molecule has 1 fully saturated rings. The van der Waals surface area contributed by atoms with Crippen LogP contribution in [0.25, 0.3) is 34.4 Å². The summed E-state index contributed by atoms with van der Waals surface area (Å²) in [6.45, 7) is 13.9. The van der Waals surface area contributed by atoms with Crippen molar-refractivity contribution in [3.8, 4) is 22.3 Å². The summed E-state index contributed by atoms with van der Waals surface area (Å²) >= 11 is -2.95. The predicted octanol–water partition coefficient (Wildman–Crippen LogP) is 8.24. The summed E-state index contributed by atoms with van der Waals surface area (Å²) in [4.78, 5) is 0. The minimum atomic E-state index is -2.95. The topological polar surface area (TPSA) is 0 Å². The number of unbranched alkanes of at least 4 members (excludes halogenated alkanes) is 2. The van der Waals surface area contributed by atoms with Crippen LogP contribution in [-0.2, 0) is 20.0 Å². The zero-order valence-electron chi connectivity index (χ0n) is 30.5. The minimum absolute atomic E-state index is 0. The number of benzene rings is 4. The molecule has 0 saturated carbocycles. The average molecular weight is 856 g/mol. The van der Waals surface area contributed by atoms with Gasteiger partial charge in [-0.15, -0.1) is 0 Å². The maximum absolute atomic E-state index is 2.95. The third kappa shape index (κ3) is 7.16. The van der Waals surface area contributed by atoms with Gasteiger partial charge in [-0.1, -0.05) is 0 Å². The Morgan fingerprint density at radius 3 is 1.27 bits per heavy atom. The van der Waals surface area contributed by atoms with Crippen molar-refractivity contribution < 1.29 is 44.8 Å². The van der Waals surface area contributed by atoms with Crippen LogP contribution < -0.4 is 24.8 Å². The average Bonchev–Trinajstić information content (AvgIpc) is 3.63. The molecule has 3 heteroatoms. The number of halogens is 2. The molecular weight excluding hydrogens is 802 g/mol. The Balaban J connectivity index is 0.00000234. The summed E-state index contributed by atoms with van der Waals surface area (Å²) in [6.07, 6.45) is 13.0. The molecule has 4 aromatic rings.